The number of hydrogen-bond acceptors (Lipinski definition) is 0. The van der Waals surface area contributed by atoms with Gasteiger partial charge in [-0.05, 0) is 30.4 Å². The molecule has 0 saturated carbocycles. The van der Waals surface area contributed by atoms with E-state index in [0.717, 1.165) is 19.3 Å². The van der Waals surface area contributed by atoms with Gasteiger partial charge in [0.25, 0.3) is 0 Å². The molecule has 0 unspecified atom stereocenters. The Kier molecular flexibility index (Phi) is 5.54. The van der Waals surface area contributed by atoms with Crippen LogP contribution >= 0.6 is 0 Å². The van der Waals surface area contributed by atoms with Crippen LogP contribution < -0.4 is 0 Å². The molecule has 0 bridgehead atoms. The third kappa shape index (κ3) is 4.64. The molecule has 0 atom stereocenters. The molecule has 0 aliphatic heterocycles. The van der Waals surface area contributed by atoms with Crippen LogP contribution in [-0.4, -0.2) is 0 Å². The Morgan fingerprint density at radius 1 is 0.867 bits per heavy atom. The summed E-state index contributed by atoms with van der Waals surface area (Å²) in [5.74, 6) is 0. The molecule has 15 heavy (non-hydrogen) atoms. The fraction of sp³-hybridized carbons (Fsp3) is 0.333. The van der Waals surface area contributed by atoms with Gasteiger partial charge in [0.2, 0.25) is 0 Å². The second kappa shape index (κ2) is 7.05. The fourth-order valence-corrected chi connectivity index (χ4v) is 1.41. The Morgan fingerprint density at radius 3 is 2.07 bits per heavy atom. The first-order valence-electron chi connectivity index (χ1n) is 5.76. The Bertz CT molecular complexity index is 314. The summed E-state index contributed by atoms with van der Waals surface area (Å²) in [5, 5.41) is 0. The van der Waals surface area contributed by atoms with Crippen LogP contribution in [0.2, 0.25) is 0 Å². The number of hydrogen-bond donors (Lipinski definition) is 0. The van der Waals surface area contributed by atoms with Crippen LogP contribution in [0.5, 0.6) is 0 Å². The van der Waals surface area contributed by atoms with Crippen LogP contribution in [0.15, 0.2) is 48.6 Å². The van der Waals surface area contributed by atoms with E-state index in [1.807, 2.05) is 0 Å². The quantitative estimate of drug-likeness (QED) is 0.621. The SMILES string of the molecule is CC/C=C\C=C/Cc1ccc(CC)cc1. The molecule has 0 N–H and O–H groups in total. The monoisotopic (exact) mass is 200 g/mol. The largest absolute Gasteiger partial charge is 0.0848 e. The van der Waals surface area contributed by atoms with Gasteiger partial charge < -0.3 is 0 Å². The number of allylic oxidation sites excluding steroid dienone is 4. The summed E-state index contributed by atoms with van der Waals surface area (Å²) in [5.41, 5.74) is 2.79. The molecule has 1 aromatic carbocycles. The second-order valence-corrected chi connectivity index (χ2v) is 3.64. The summed E-state index contributed by atoms with van der Waals surface area (Å²) >= 11 is 0. The summed E-state index contributed by atoms with van der Waals surface area (Å²) in [6.45, 7) is 4.33. The van der Waals surface area contributed by atoms with Crippen LogP contribution in [0, 0.1) is 0 Å². The normalized spacial score (nSPS) is 11.6. The standard InChI is InChI=1S/C15H20/c1-3-5-6-7-8-9-15-12-10-14(4-2)11-13-15/h5-8,10-13H,3-4,9H2,1-2H3/b6-5-,8-7-. The summed E-state index contributed by atoms with van der Waals surface area (Å²) in [7, 11) is 0. The molecule has 0 fully saturated rings. The van der Waals surface area contributed by atoms with E-state index in [2.05, 4.69) is 62.4 Å². The zero-order chi connectivity index (χ0) is 10.9. The fourth-order valence-electron chi connectivity index (χ4n) is 1.41. The van der Waals surface area contributed by atoms with Gasteiger partial charge in [0.1, 0.15) is 0 Å². The van der Waals surface area contributed by atoms with Crippen molar-refractivity contribution in [2.24, 2.45) is 0 Å². The van der Waals surface area contributed by atoms with Gasteiger partial charge in [0, 0.05) is 0 Å². The molecule has 0 aliphatic rings. The Labute approximate surface area is 93.3 Å². The van der Waals surface area contributed by atoms with Crippen LogP contribution in [0.1, 0.15) is 31.4 Å². The van der Waals surface area contributed by atoms with Gasteiger partial charge in [-0.1, -0.05) is 62.4 Å². The minimum Gasteiger partial charge on any atom is -0.0848 e. The Hall–Kier alpha value is -1.30. The molecular weight excluding hydrogens is 180 g/mol. The number of benzene rings is 1. The van der Waals surface area contributed by atoms with E-state index in [0.29, 0.717) is 0 Å². The number of rotatable bonds is 5. The Morgan fingerprint density at radius 2 is 1.47 bits per heavy atom. The minimum absolute atomic E-state index is 1.03. The van der Waals surface area contributed by atoms with Gasteiger partial charge in [-0.25, -0.2) is 0 Å². The second-order valence-electron chi connectivity index (χ2n) is 3.64. The van der Waals surface area contributed by atoms with E-state index < -0.39 is 0 Å². The topological polar surface area (TPSA) is 0 Å². The maximum atomic E-state index is 2.21. The van der Waals surface area contributed by atoms with E-state index in [4.69, 9.17) is 0 Å². The number of aryl methyl sites for hydroxylation is 1. The lowest BCUT2D eigenvalue weighted by Gasteiger charge is -1.98. The van der Waals surface area contributed by atoms with E-state index in [1.54, 1.807) is 0 Å². The van der Waals surface area contributed by atoms with Crippen molar-refractivity contribution in [3.05, 3.63) is 59.7 Å². The first kappa shape index (κ1) is 11.8. The minimum atomic E-state index is 1.03. The van der Waals surface area contributed by atoms with Crippen LogP contribution in [0.25, 0.3) is 0 Å². The summed E-state index contributed by atoms with van der Waals surface area (Å²) < 4.78 is 0. The van der Waals surface area contributed by atoms with Crippen molar-refractivity contribution in [1.82, 2.24) is 0 Å². The van der Waals surface area contributed by atoms with E-state index in [-0.39, 0.29) is 0 Å². The van der Waals surface area contributed by atoms with Crippen LogP contribution in [0.4, 0.5) is 0 Å². The highest BCUT2D eigenvalue weighted by atomic mass is 14.0. The van der Waals surface area contributed by atoms with Crippen molar-refractivity contribution in [3.63, 3.8) is 0 Å². The van der Waals surface area contributed by atoms with E-state index >= 15 is 0 Å². The highest BCUT2D eigenvalue weighted by Gasteiger charge is 1.90. The predicted octanol–water partition coefficient (Wildman–Crippen LogP) is 4.31. The van der Waals surface area contributed by atoms with Crippen molar-refractivity contribution in [2.75, 3.05) is 0 Å². The third-order valence-corrected chi connectivity index (χ3v) is 2.40. The first-order chi connectivity index (χ1) is 7.36. The molecule has 0 aliphatic carbocycles. The average molecular weight is 200 g/mol. The van der Waals surface area contributed by atoms with Crippen molar-refractivity contribution < 1.29 is 0 Å². The van der Waals surface area contributed by atoms with Crippen molar-refractivity contribution >= 4 is 0 Å². The molecule has 0 heterocycles. The zero-order valence-corrected chi connectivity index (χ0v) is 9.74. The van der Waals surface area contributed by atoms with Crippen LogP contribution in [-0.2, 0) is 12.8 Å². The van der Waals surface area contributed by atoms with Gasteiger partial charge in [0.05, 0.1) is 0 Å². The molecule has 0 saturated heterocycles. The molecule has 1 aromatic rings. The lowest BCUT2D eigenvalue weighted by molar-refractivity contribution is 1.13. The summed E-state index contributed by atoms with van der Waals surface area (Å²) in [6.07, 6.45) is 11.9. The van der Waals surface area contributed by atoms with Crippen molar-refractivity contribution in [2.45, 2.75) is 33.1 Å². The van der Waals surface area contributed by atoms with Gasteiger partial charge in [-0.3, -0.25) is 0 Å². The first-order valence-corrected chi connectivity index (χ1v) is 5.76. The molecular formula is C15H20. The van der Waals surface area contributed by atoms with E-state index in [9.17, 15) is 0 Å². The molecule has 0 nitrogen and oxygen atoms in total. The third-order valence-electron chi connectivity index (χ3n) is 2.40. The summed E-state index contributed by atoms with van der Waals surface area (Å²) in [6, 6.07) is 8.86. The predicted molar refractivity (Wildman–Crippen MR) is 68.1 cm³/mol. The average Bonchev–Trinajstić information content (AvgIpc) is 2.30. The summed E-state index contributed by atoms with van der Waals surface area (Å²) in [4.78, 5) is 0. The van der Waals surface area contributed by atoms with Gasteiger partial charge in [0.15, 0.2) is 0 Å². The lowest BCUT2D eigenvalue weighted by Crippen LogP contribution is -1.83. The maximum Gasteiger partial charge on any atom is -0.00943 e. The molecule has 80 valence electrons. The molecule has 1 rings (SSSR count). The Balaban J connectivity index is 2.44. The van der Waals surface area contributed by atoms with Crippen molar-refractivity contribution in [3.8, 4) is 0 Å². The van der Waals surface area contributed by atoms with Crippen molar-refractivity contribution in [1.29, 1.82) is 0 Å². The highest BCUT2D eigenvalue weighted by Crippen LogP contribution is 2.06. The highest BCUT2D eigenvalue weighted by molar-refractivity contribution is 5.24. The maximum absolute atomic E-state index is 2.21. The van der Waals surface area contributed by atoms with Gasteiger partial charge in [-0.2, -0.15) is 0 Å². The molecule has 0 amide bonds. The molecule has 0 aromatic heterocycles. The molecule has 0 heteroatoms. The lowest BCUT2D eigenvalue weighted by atomic mass is 10.1. The zero-order valence-electron chi connectivity index (χ0n) is 9.74. The van der Waals surface area contributed by atoms with Crippen LogP contribution in [0.3, 0.4) is 0 Å². The van der Waals surface area contributed by atoms with Gasteiger partial charge in [-0.15, -0.1) is 0 Å². The smallest absolute Gasteiger partial charge is 0.00943 e. The molecule has 0 radical (unpaired) electrons. The van der Waals surface area contributed by atoms with E-state index in [1.165, 1.54) is 11.1 Å². The van der Waals surface area contributed by atoms with Gasteiger partial charge >= 0.3 is 0 Å². The molecule has 0 spiro atoms.